The van der Waals surface area contributed by atoms with Crippen molar-refractivity contribution in [2.45, 2.75) is 19.4 Å². The SMILES string of the molecule is CNC(C)Cc1noc(-c2cnn(-c3cccc(Br)c3)c2)n1.Cl. The Morgan fingerprint density at radius 3 is 2.96 bits per heavy atom. The topological polar surface area (TPSA) is 68.8 Å². The van der Waals surface area contributed by atoms with Crippen molar-refractivity contribution in [3.63, 3.8) is 0 Å². The van der Waals surface area contributed by atoms with Gasteiger partial charge in [0.05, 0.1) is 17.4 Å². The molecule has 0 amide bonds. The maximum atomic E-state index is 5.32. The highest BCUT2D eigenvalue weighted by Crippen LogP contribution is 2.20. The molecule has 1 atom stereocenters. The van der Waals surface area contributed by atoms with E-state index in [0.29, 0.717) is 17.8 Å². The Hall–Kier alpha value is -1.70. The monoisotopic (exact) mass is 397 g/mol. The zero-order valence-electron chi connectivity index (χ0n) is 12.7. The molecule has 0 aliphatic heterocycles. The fourth-order valence-electron chi connectivity index (χ4n) is 2.02. The van der Waals surface area contributed by atoms with Crippen LogP contribution < -0.4 is 5.32 Å². The molecule has 0 saturated heterocycles. The van der Waals surface area contributed by atoms with E-state index in [4.69, 9.17) is 4.52 Å². The quantitative estimate of drug-likeness (QED) is 0.714. The molecule has 8 heteroatoms. The molecule has 0 saturated carbocycles. The molecule has 1 aromatic carbocycles. The highest BCUT2D eigenvalue weighted by molar-refractivity contribution is 9.10. The Kier molecular flexibility index (Phi) is 5.92. The van der Waals surface area contributed by atoms with Gasteiger partial charge in [-0.3, -0.25) is 0 Å². The molecule has 1 unspecified atom stereocenters. The Balaban J connectivity index is 0.00000192. The van der Waals surface area contributed by atoms with Gasteiger partial charge in [-0.15, -0.1) is 12.4 Å². The number of likely N-dealkylation sites (N-methyl/N-ethyl adjacent to an activating group) is 1. The van der Waals surface area contributed by atoms with Crippen LogP contribution in [0.15, 0.2) is 45.7 Å². The molecule has 0 aliphatic carbocycles. The zero-order chi connectivity index (χ0) is 15.5. The summed E-state index contributed by atoms with van der Waals surface area (Å²) in [6.45, 7) is 2.07. The third kappa shape index (κ3) is 4.19. The number of halogens is 2. The first-order valence-corrected chi connectivity index (χ1v) is 7.76. The molecular weight excluding hydrogens is 382 g/mol. The highest BCUT2D eigenvalue weighted by Gasteiger charge is 2.13. The minimum absolute atomic E-state index is 0. The second-order valence-corrected chi connectivity index (χ2v) is 5.98. The number of hydrogen-bond acceptors (Lipinski definition) is 5. The van der Waals surface area contributed by atoms with Crippen molar-refractivity contribution in [2.24, 2.45) is 0 Å². The summed E-state index contributed by atoms with van der Waals surface area (Å²) in [7, 11) is 1.91. The van der Waals surface area contributed by atoms with Crippen LogP contribution in [0.4, 0.5) is 0 Å². The molecule has 1 N–H and O–H groups in total. The molecule has 2 aromatic heterocycles. The first kappa shape index (κ1) is 17.7. The number of aromatic nitrogens is 4. The number of rotatable bonds is 5. The van der Waals surface area contributed by atoms with Crippen LogP contribution in [0.2, 0.25) is 0 Å². The van der Waals surface area contributed by atoms with Crippen molar-refractivity contribution >= 4 is 28.3 Å². The predicted octanol–water partition coefficient (Wildman–Crippen LogP) is 3.26. The number of nitrogens with zero attached hydrogens (tertiary/aromatic N) is 4. The largest absolute Gasteiger partial charge is 0.334 e. The molecule has 2 heterocycles. The summed E-state index contributed by atoms with van der Waals surface area (Å²) in [5, 5.41) is 11.5. The molecule has 0 aliphatic rings. The molecule has 0 fully saturated rings. The zero-order valence-corrected chi connectivity index (χ0v) is 15.1. The maximum absolute atomic E-state index is 5.32. The van der Waals surface area contributed by atoms with E-state index in [0.717, 1.165) is 22.1 Å². The lowest BCUT2D eigenvalue weighted by Crippen LogP contribution is -2.24. The van der Waals surface area contributed by atoms with Gasteiger partial charge in [-0.1, -0.05) is 27.2 Å². The van der Waals surface area contributed by atoms with E-state index in [1.165, 1.54) is 0 Å². The summed E-state index contributed by atoms with van der Waals surface area (Å²) in [5.74, 6) is 1.17. The van der Waals surface area contributed by atoms with Crippen molar-refractivity contribution in [3.8, 4) is 17.1 Å². The normalized spacial score (nSPS) is 12.0. The fraction of sp³-hybridized carbons (Fsp3) is 0.267. The van der Waals surface area contributed by atoms with E-state index in [9.17, 15) is 0 Å². The van der Waals surface area contributed by atoms with Crippen LogP contribution in [-0.4, -0.2) is 33.0 Å². The fourth-order valence-corrected chi connectivity index (χ4v) is 2.41. The van der Waals surface area contributed by atoms with Crippen LogP contribution in [-0.2, 0) is 6.42 Å². The third-order valence-electron chi connectivity index (χ3n) is 3.35. The minimum atomic E-state index is 0. The van der Waals surface area contributed by atoms with Gasteiger partial charge in [0.25, 0.3) is 5.89 Å². The first-order chi connectivity index (χ1) is 10.7. The van der Waals surface area contributed by atoms with E-state index in [2.05, 4.69) is 43.4 Å². The lowest BCUT2D eigenvalue weighted by molar-refractivity contribution is 0.418. The number of hydrogen-bond donors (Lipinski definition) is 1. The molecule has 0 bridgehead atoms. The number of nitrogens with one attached hydrogen (secondary N) is 1. The smallest absolute Gasteiger partial charge is 0.261 e. The van der Waals surface area contributed by atoms with Crippen LogP contribution in [0.1, 0.15) is 12.7 Å². The van der Waals surface area contributed by atoms with Gasteiger partial charge in [-0.25, -0.2) is 4.68 Å². The van der Waals surface area contributed by atoms with Crippen LogP contribution in [0.25, 0.3) is 17.1 Å². The maximum Gasteiger partial charge on any atom is 0.261 e. The molecular formula is C15H17BrClN5O. The van der Waals surface area contributed by atoms with E-state index in [1.807, 2.05) is 37.5 Å². The van der Waals surface area contributed by atoms with E-state index in [1.54, 1.807) is 10.9 Å². The number of benzene rings is 1. The second-order valence-electron chi connectivity index (χ2n) is 5.06. The summed E-state index contributed by atoms with van der Waals surface area (Å²) < 4.78 is 8.10. The minimum Gasteiger partial charge on any atom is -0.334 e. The van der Waals surface area contributed by atoms with Gasteiger partial charge in [0.1, 0.15) is 0 Å². The lowest BCUT2D eigenvalue weighted by atomic mass is 10.2. The summed E-state index contributed by atoms with van der Waals surface area (Å²) >= 11 is 3.46. The van der Waals surface area contributed by atoms with Crippen molar-refractivity contribution in [2.75, 3.05) is 7.05 Å². The van der Waals surface area contributed by atoms with E-state index >= 15 is 0 Å². The molecule has 6 nitrogen and oxygen atoms in total. The highest BCUT2D eigenvalue weighted by atomic mass is 79.9. The molecule has 3 aromatic rings. The second kappa shape index (κ2) is 7.72. The van der Waals surface area contributed by atoms with E-state index in [-0.39, 0.29) is 12.4 Å². The van der Waals surface area contributed by atoms with Crippen molar-refractivity contribution in [1.82, 2.24) is 25.2 Å². The average Bonchev–Trinajstić information content (AvgIpc) is 3.15. The molecule has 3 rings (SSSR count). The van der Waals surface area contributed by atoms with Crippen LogP contribution in [0.5, 0.6) is 0 Å². The van der Waals surface area contributed by atoms with Gasteiger partial charge in [0.15, 0.2) is 5.82 Å². The Labute approximate surface area is 148 Å². The van der Waals surface area contributed by atoms with Gasteiger partial charge in [0.2, 0.25) is 0 Å². The van der Waals surface area contributed by atoms with Crippen LogP contribution in [0.3, 0.4) is 0 Å². The Morgan fingerprint density at radius 2 is 2.22 bits per heavy atom. The lowest BCUT2D eigenvalue weighted by Gasteiger charge is -2.04. The molecule has 0 radical (unpaired) electrons. The summed E-state index contributed by atoms with van der Waals surface area (Å²) in [4.78, 5) is 4.41. The van der Waals surface area contributed by atoms with Crippen molar-refractivity contribution in [1.29, 1.82) is 0 Å². The summed E-state index contributed by atoms with van der Waals surface area (Å²) in [6.07, 6.45) is 4.32. The Morgan fingerprint density at radius 1 is 1.39 bits per heavy atom. The van der Waals surface area contributed by atoms with Crippen molar-refractivity contribution < 1.29 is 4.52 Å². The third-order valence-corrected chi connectivity index (χ3v) is 3.85. The summed E-state index contributed by atoms with van der Waals surface area (Å²) in [5.41, 5.74) is 1.76. The van der Waals surface area contributed by atoms with Gasteiger partial charge in [-0.2, -0.15) is 10.1 Å². The molecule has 23 heavy (non-hydrogen) atoms. The first-order valence-electron chi connectivity index (χ1n) is 6.96. The van der Waals surface area contributed by atoms with Crippen molar-refractivity contribution in [3.05, 3.63) is 47.0 Å². The van der Waals surface area contributed by atoms with Gasteiger partial charge in [-0.05, 0) is 32.2 Å². The average molecular weight is 399 g/mol. The molecule has 122 valence electrons. The van der Waals surface area contributed by atoms with Gasteiger partial charge in [0, 0.05) is 23.1 Å². The molecule has 0 spiro atoms. The van der Waals surface area contributed by atoms with E-state index < -0.39 is 0 Å². The predicted molar refractivity (Wildman–Crippen MR) is 94.0 cm³/mol. The van der Waals surface area contributed by atoms with Gasteiger partial charge < -0.3 is 9.84 Å². The van der Waals surface area contributed by atoms with Gasteiger partial charge >= 0.3 is 0 Å². The summed E-state index contributed by atoms with van der Waals surface area (Å²) in [6, 6.07) is 8.21. The standard InChI is InChI=1S/C15H16BrN5O.ClH/c1-10(17-2)6-14-19-15(22-20-14)11-8-18-21(9-11)13-5-3-4-12(16)7-13;/h3-5,7-10,17H,6H2,1-2H3;1H. The van der Waals surface area contributed by atoms with Crippen LogP contribution in [0, 0.1) is 0 Å². The Bertz CT molecular complexity index is 773. The van der Waals surface area contributed by atoms with Crippen LogP contribution >= 0.6 is 28.3 Å².